The van der Waals surface area contributed by atoms with E-state index in [4.69, 9.17) is 17.3 Å². The minimum absolute atomic E-state index is 0.148. The Morgan fingerprint density at radius 3 is 2.17 bits per heavy atom. The first-order valence-corrected chi connectivity index (χ1v) is 7.24. The predicted octanol–water partition coefficient (Wildman–Crippen LogP) is 3.94. The second-order valence-corrected chi connectivity index (χ2v) is 5.28. The molecule has 1 aromatic heterocycles. The number of aromatic nitrogens is 2. The number of rotatable bonds is 4. The van der Waals surface area contributed by atoms with Crippen LogP contribution in [0.5, 0.6) is 0 Å². The first-order valence-electron chi connectivity index (χ1n) is 6.86. The van der Waals surface area contributed by atoms with Gasteiger partial charge in [-0.2, -0.15) is 0 Å². The number of nitrogen functional groups attached to an aromatic ring is 1. The smallest absolute Gasteiger partial charge is 0.157 e. The monoisotopic (exact) mass is 324 g/mol. The molecule has 3 N–H and O–H groups in total. The van der Waals surface area contributed by atoms with E-state index in [9.17, 15) is 4.79 Å². The molecule has 0 bridgehead atoms. The second-order valence-electron chi connectivity index (χ2n) is 4.85. The highest BCUT2D eigenvalue weighted by Crippen LogP contribution is 2.25. The van der Waals surface area contributed by atoms with Crippen LogP contribution in [0.1, 0.15) is 10.4 Å². The average Bonchev–Trinajstić information content (AvgIpc) is 2.57. The Bertz CT molecular complexity index is 832. The third-order valence-corrected chi connectivity index (χ3v) is 3.61. The van der Waals surface area contributed by atoms with E-state index in [-0.39, 0.29) is 11.4 Å². The van der Waals surface area contributed by atoms with Crippen molar-refractivity contribution in [2.45, 2.75) is 0 Å². The first-order chi connectivity index (χ1) is 11.2. The lowest BCUT2D eigenvalue weighted by molar-refractivity contribution is 0.112. The van der Waals surface area contributed by atoms with Crippen molar-refractivity contribution in [3.8, 4) is 11.1 Å². The molecular formula is C17H13ClN4O. The maximum Gasteiger partial charge on any atom is 0.157 e. The van der Waals surface area contributed by atoms with Gasteiger partial charge in [0.15, 0.2) is 6.29 Å². The lowest BCUT2D eigenvalue weighted by atomic mass is 10.1. The molecule has 114 valence electrons. The topological polar surface area (TPSA) is 80.9 Å². The van der Waals surface area contributed by atoms with Gasteiger partial charge in [0, 0.05) is 10.7 Å². The molecule has 0 aliphatic heterocycles. The largest absolute Gasteiger partial charge is 0.383 e. The third-order valence-electron chi connectivity index (χ3n) is 3.36. The van der Waals surface area contributed by atoms with E-state index in [2.05, 4.69) is 15.3 Å². The molecule has 2 aromatic carbocycles. The molecule has 0 saturated heterocycles. The summed E-state index contributed by atoms with van der Waals surface area (Å²) in [4.78, 5) is 18.9. The Hall–Kier alpha value is -2.92. The zero-order valence-electron chi connectivity index (χ0n) is 12.0. The van der Waals surface area contributed by atoms with E-state index in [1.54, 1.807) is 0 Å². The van der Waals surface area contributed by atoms with Crippen molar-refractivity contribution in [3.05, 3.63) is 65.4 Å². The summed E-state index contributed by atoms with van der Waals surface area (Å²) in [5.74, 6) is 0.530. The number of nitrogens with two attached hydrogens (primary N) is 1. The van der Waals surface area contributed by atoms with Crippen molar-refractivity contribution in [2.75, 3.05) is 11.1 Å². The molecule has 5 nitrogen and oxygen atoms in total. The van der Waals surface area contributed by atoms with Gasteiger partial charge in [0.1, 0.15) is 18.0 Å². The number of hydrogen-bond acceptors (Lipinski definition) is 5. The molecule has 0 amide bonds. The number of benzene rings is 2. The zero-order chi connectivity index (χ0) is 16.2. The number of halogens is 1. The van der Waals surface area contributed by atoms with Gasteiger partial charge in [-0.25, -0.2) is 9.97 Å². The SMILES string of the molecule is Nc1ncnc(Nc2ccc(-c3ccc(Cl)cc3)cc2)c1C=O. The molecule has 3 aromatic rings. The van der Waals surface area contributed by atoms with Gasteiger partial charge < -0.3 is 11.1 Å². The van der Waals surface area contributed by atoms with E-state index in [0.717, 1.165) is 16.8 Å². The summed E-state index contributed by atoms with van der Waals surface area (Å²) >= 11 is 5.90. The minimum Gasteiger partial charge on any atom is -0.383 e. The molecule has 1 heterocycles. The molecule has 3 rings (SSSR count). The maximum absolute atomic E-state index is 11.1. The number of nitrogens with zero attached hydrogens (tertiary/aromatic N) is 2. The van der Waals surface area contributed by atoms with Crippen LogP contribution >= 0.6 is 11.6 Å². The predicted molar refractivity (Wildman–Crippen MR) is 92.0 cm³/mol. The minimum atomic E-state index is 0.148. The second kappa shape index (κ2) is 6.46. The number of anilines is 3. The Kier molecular flexibility index (Phi) is 4.21. The Balaban J connectivity index is 1.84. The number of nitrogens with one attached hydrogen (secondary N) is 1. The van der Waals surface area contributed by atoms with Crippen molar-refractivity contribution in [2.24, 2.45) is 0 Å². The van der Waals surface area contributed by atoms with Crippen molar-refractivity contribution < 1.29 is 4.79 Å². The number of hydrogen-bond donors (Lipinski definition) is 2. The van der Waals surface area contributed by atoms with Gasteiger partial charge in [0.25, 0.3) is 0 Å². The Morgan fingerprint density at radius 1 is 0.957 bits per heavy atom. The summed E-state index contributed by atoms with van der Waals surface area (Å²) in [6.45, 7) is 0. The molecule has 0 fully saturated rings. The molecule has 6 heteroatoms. The standard InChI is InChI=1S/C17H13ClN4O/c18-13-5-1-11(2-6-13)12-3-7-14(8-4-12)22-17-15(9-23)16(19)20-10-21-17/h1-10H,(H3,19,20,21,22). The molecule has 0 atom stereocenters. The molecule has 23 heavy (non-hydrogen) atoms. The highest BCUT2D eigenvalue weighted by molar-refractivity contribution is 6.30. The van der Waals surface area contributed by atoms with Crippen molar-refractivity contribution >= 4 is 35.2 Å². The molecule has 0 aliphatic rings. The Morgan fingerprint density at radius 2 is 1.57 bits per heavy atom. The fourth-order valence-electron chi connectivity index (χ4n) is 2.15. The van der Waals surface area contributed by atoms with Crippen LogP contribution < -0.4 is 11.1 Å². The van der Waals surface area contributed by atoms with E-state index < -0.39 is 0 Å². The highest BCUT2D eigenvalue weighted by Gasteiger charge is 2.08. The maximum atomic E-state index is 11.1. The van der Waals surface area contributed by atoms with Crippen LogP contribution in [-0.4, -0.2) is 16.3 Å². The third kappa shape index (κ3) is 3.30. The highest BCUT2D eigenvalue weighted by atomic mass is 35.5. The normalized spacial score (nSPS) is 10.3. The van der Waals surface area contributed by atoms with Gasteiger partial charge in [-0.1, -0.05) is 35.9 Å². The number of carbonyl (C=O) groups excluding carboxylic acids is 1. The fraction of sp³-hybridized carbons (Fsp3) is 0. The van der Waals surface area contributed by atoms with E-state index >= 15 is 0 Å². The lowest BCUT2D eigenvalue weighted by Crippen LogP contribution is -2.04. The van der Waals surface area contributed by atoms with Crippen LogP contribution in [0.2, 0.25) is 5.02 Å². The summed E-state index contributed by atoms with van der Waals surface area (Å²) in [7, 11) is 0. The molecule has 0 radical (unpaired) electrons. The molecule has 0 aliphatic carbocycles. The van der Waals surface area contributed by atoms with Crippen molar-refractivity contribution in [1.82, 2.24) is 9.97 Å². The molecule has 0 spiro atoms. The van der Waals surface area contributed by atoms with Gasteiger partial charge in [-0.05, 0) is 35.4 Å². The van der Waals surface area contributed by atoms with E-state index in [1.807, 2.05) is 48.5 Å². The summed E-state index contributed by atoms with van der Waals surface area (Å²) in [5.41, 5.74) is 8.84. The summed E-state index contributed by atoms with van der Waals surface area (Å²) < 4.78 is 0. The summed E-state index contributed by atoms with van der Waals surface area (Å²) in [6.07, 6.45) is 1.95. The summed E-state index contributed by atoms with van der Waals surface area (Å²) in [5, 5.41) is 3.77. The number of carbonyl (C=O) groups is 1. The van der Waals surface area contributed by atoms with Crippen LogP contribution in [0.4, 0.5) is 17.3 Å². The molecular weight excluding hydrogens is 312 g/mol. The average molecular weight is 325 g/mol. The Labute approximate surface area is 138 Å². The van der Waals surface area contributed by atoms with Gasteiger partial charge in [0.2, 0.25) is 0 Å². The van der Waals surface area contributed by atoms with Crippen LogP contribution in [0, 0.1) is 0 Å². The molecule has 0 saturated carbocycles. The van der Waals surface area contributed by atoms with Crippen LogP contribution in [0.3, 0.4) is 0 Å². The van der Waals surface area contributed by atoms with E-state index in [0.29, 0.717) is 17.1 Å². The van der Waals surface area contributed by atoms with Crippen LogP contribution in [0.15, 0.2) is 54.9 Å². The lowest BCUT2D eigenvalue weighted by Gasteiger charge is -2.09. The zero-order valence-corrected chi connectivity index (χ0v) is 12.8. The van der Waals surface area contributed by atoms with Crippen molar-refractivity contribution in [3.63, 3.8) is 0 Å². The van der Waals surface area contributed by atoms with Crippen LogP contribution in [-0.2, 0) is 0 Å². The van der Waals surface area contributed by atoms with Gasteiger partial charge >= 0.3 is 0 Å². The van der Waals surface area contributed by atoms with Gasteiger partial charge in [0.05, 0.1) is 5.56 Å². The van der Waals surface area contributed by atoms with Gasteiger partial charge in [-0.15, -0.1) is 0 Å². The summed E-state index contributed by atoms with van der Waals surface area (Å²) in [6, 6.07) is 15.4. The fourth-order valence-corrected chi connectivity index (χ4v) is 2.28. The van der Waals surface area contributed by atoms with Crippen molar-refractivity contribution in [1.29, 1.82) is 0 Å². The van der Waals surface area contributed by atoms with Crippen LogP contribution in [0.25, 0.3) is 11.1 Å². The quantitative estimate of drug-likeness (QED) is 0.710. The number of aldehydes is 1. The first kappa shape index (κ1) is 15.0. The van der Waals surface area contributed by atoms with E-state index in [1.165, 1.54) is 6.33 Å². The van der Waals surface area contributed by atoms with Gasteiger partial charge in [-0.3, -0.25) is 4.79 Å². The molecule has 0 unspecified atom stereocenters.